The smallest absolute Gasteiger partial charge is 0.166 e. The van der Waals surface area contributed by atoms with Gasteiger partial charge in [-0.3, -0.25) is 4.90 Å². The molecule has 0 N–H and O–H groups in total. The normalized spacial score (nSPS) is 28.2. The van der Waals surface area contributed by atoms with Crippen LogP contribution >= 0.6 is 27.7 Å². The number of hydrogen-bond acceptors (Lipinski definition) is 4. The van der Waals surface area contributed by atoms with Crippen LogP contribution in [0.1, 0.15) is 45.4 Å². The number of halogens is 1. The van der Waals surface area contributed by atoms with Crippen LogP contribution in [0, 0.1) is 5.41 Å². The summed E-state index contributed by atoms with van der Waals surface area (Å²) in [5.74, 6) is 2.07. The second-order valence-corrected chi connectivity index (χ2v) is 10.7. The zero-order chi connectivity index (χ0) is 15.3. The van der Waals surface area contributed by atoms with E-state index in [1.54, 1.807) is 18.7 Å². The molecular weight excluding hydrogens is 370 g/mol. The lowest BCUT2D eigenvalue weighted by Crippen LogP contribution is -2.52. The van der Waals surface area contributed by atoms with Crippen LogP contribution in [0.2, 0.25) is 0 Å². The van der Waals surface area contributed by atoms with Gasteiger partial charge in [0.1, 0.15) is 5.37 Å². The summed E-state index contributed by atoms with van der Waals surface area (Å²) in [6.07, 6.45) is 7.73. The predicted molar refractivity (Wildman–Crippen MR) is 96.1 cm³/mol. The lowest BCUT2D eigenvalue weighted by Gasteiger charge is -2.42. The molecule has 2 aliphatic rings. The van der Waals surface area contributed by atoms with E-state index in [0.29, 0.717) is 0 Å². The molecule has 21 heavy (non-hydrogen) atoms. The van der Waals surface area contributed by atoms with Gasteiger partial charge in [0.25, 0.3) is 0 Å². The van der Waals surface area contributed by atoms with Crippen molar-refractivity contribution in [2.45, 2.75) is 50.8 Å². The Morgan fingerprint density at radius 3 is 2.48 bits per heavy atom. The fraction of sp³-hybridized carbons (Fsp3) is 1.00. The molecule has 0 bridgehead atoms. The van der Waals surface area contributed by atoms with Crippen LogP contribution in [-0.4, -0.2) is 54.4 Å². The van der Waals surface area contributed by atoms with E-state index in [1.165, 1.54) is 38.5 Å². The van der Waals surface area contributed by atoms with E-state index in [4.69, 9.17) is 0 Å². The summed E-state index contributed by atoms with van der Waals surface area (Å²) < 4.78 is 24.8. The van der Waals surface area contributed by atoms with E-state index < -0.39 is 9.84 Å². The van der Waals surface area contributed by atoms with Gasteiger partial charge in [-0.25, -0.2) is 8.42 Å². The standard InChI is InChI=1S/C15H28BrNO2S2/c1-2-21(18,19)14-11-20-10-9-17(14)13-15(12-16)7-5-3-4-6-8-15/h14H,2-13H2,1H3. The molecule has 0 spiro atoms. The Kier molecular flexibility index (Phi) is 6.91. The highest BCUT2D eigenvalue weighted by Crippen LogP contribution is 2.39. The fourth-order valence-corrected chi connectivity index (χ4v) is 7.38. The van der Waals surface area contributed by atoms with Gasteiger partial charge in [-0.2, -0.15) is 11.8 Å². The molecular formula is C15H28BrNO2S2. The second kappa shape index (κ2) is 8.02. The van der Waals surface area contributed by atoms with Crippen molar-refractivity contribution in [2.24, 2.45) is 5.41 Å². The number of alkyl halides is 1. The SMILES string of the molecule is CCS(=O)(=O)C1CSCCN1CC1(CBr)CCCCCC1. The quantitative estimate of drug-likeness (QED) is 0.525. The molecule has 1 saturated heterocycles. The van der Waals surface area contributed by atoms with Crippen LogP contribution in [0.4, 0.5) is 0 Å². The summed E-state index contributed by atoms with van der Waals surface area (Å²) in [5, 5.41) is 0.739. The Labute approximate surface area is 142 Å². The Morgan fingerprint density at radius 2 is 1.90 bits per heavy atom. The first-order chi connectivity index (χ1) is 10.0. The van der Waals surface area contributed by atoms with E-state index in [2.05, 4.69) is 20.8 Å². The number of nitrogens with zero attached hydrogens (tertiary/aromatic N) is 1. The highest BCUT2D eigenvalue weighted by molar-refractivity contribution is 9.09. The molecule has 0 aromatic heterocycles. The van der Waals surface area contributed by atoms with E-state index in [0.717, 1.165) is 29.9 Å². The minimum absolute atomic E-state index is 0.260. The Balaban J connectivity index is 2.13. The molecule has 1 heterocycles. The Hall–Kier alpha value is 0.740. The topological polar surface area (TPSA) is 37.4 Å². The number of sulfone groups is 1. The van der Waals surface area contributed by atoms with E-state index in [-0.39, 0.29) is 16.5 Å². The first-order valence-corrected chi connectivity index (χ1v) is 12.1. The molecule has 0 amide bonds. The number of thioether (sulfide) groups is 1. The summed E-state index contributed by atoms with van der Waals surface area (Å²) in [5.41, 5.74) is 0.278. The van der Waals surface area contributed by atoms with Gasteiger partial charge in [-0.05, 0) is 18.3 Å². The largest absolute Gasteiger partial charge is 0.285 e. The van der Waals surface area contributed by atoms with Crippen molar-refractivity contribution >= 4 is 37.5 Å². The van der Waals surface area contributed by atoms with Crippen molar-refractivity contribution in [3.8, 4) is 0 Å². The highest BCUT2D eigenvalue weighted by Gasteiger charge is 2.39. The zero-order valence-electron chi connectivity index (χ0n) is 13.0. The average Bonchev–Trinajstić information content (AvgIpc) is 2.74. The number of hydrogen-bond donors (Lipinski definition) is 0. The van der Waals surface area contributed by atoms with Gasteiger partial charge >= 0.3 is 0 Å². The first-order valence-electron chi connectivity index (χ1n) is 8.12. The van der Waals surface area contributed by atoms with Crippen LogP contribution in [0.25, 0.3) is 0 Å². The van der Waals surface area contributed by atoms with Crippen LogP contribution in [0.3, 0.4) is 0 Å². The van der Waals surface area contributed by atoms with Crippen molar-refractivity contribution in [3.05, 3.63) is 0 Å². The van der Waals surface area contributed by atoms with Gasteiger partial charge in [0.2, 0.25) is 0 Å². The molecule has 3 nitrogen and oxygen atoms in total. The van der Waals surface area contributed by atoms with Crippen LogP contribution in [0.15, 0.2) is 0 Å². The van der Waals surface area contributed by atoms with E-state index >= 15 is 0 Å². The van der Waals surface area contributed by atoms with Gasteiger partial charge in [-0.1, -0.05) is 48.5 Å². The summed E-state index contributed by atoms with van der Waals surface area (Å²) in [6, 6.07) is 0. The third-order valence-corrected chi connectivity index (χ3v) is 9.52. The first kappa shape index (κ1) is 18.1. The van der Waals surface area contributed by atoms with Crippen molar-refractivity contribution < 1.29 is 8.42 Å². The maximum absolute atomic E-state index is 12.4. The molecule has 1 aliphatic carbocycles. The van der Waals surface area contributed by atoms with Gasteiger partial charge < -0.3 is 0 Å². The van der Waals surface area contributed by atoms with Crippen LogP contribution < -0.4 is 0 Å². The van der Waals surface area contributed by atoms with Gasteiger partial charge in [0, 0.05) is 35.7 Å². The lowest BCUT2D eigenvalue weighted by atomic mass is 9.82. The molecule has 6 heteroatoms. The molecule has 2 rings (SSSR count). The van der Waals surface area contributed by atoms with E-state index in [9.17, 15) is 8.42 Å². The molecule has 0 aromatic carbocycles. The van der Waals surface area contributed by atoms with Crippen molar-refractivity contribution in [1.82, 2.24) is 4.90 Å². The van der Waals surface area contributed by atoms with Crippen molar-refractivity contribution in [1.29, 1.82) is 0 Å². The highest BCUT2D eigenvalue weighted by atomic mass is 79.9. The summed E-state index contributed by atoms with van der Waals surface area (Å²) in [7, 11) is -2.98. The Bertz CT molecular complexity index is 419. The third-order valence-electron chi connectivity index (χ3n) is 4.99. The van der Waals surface area contributed by atoms with Crippen molar-refractivity contribution in [2.75, 3.05) is 35.7 Å². The zero-order valence-corrected chi connectivity index (χ0v) is 16.2. The second-order valence-electron chi connectivity index (χ2n) is 6.50. The van der Waals surface area contributed by atoms with E-state index in [1.807, 2.05) is 0 Å². The van der Waals surface area contributed by atoms with Crippen LogP contribution in [0.5, 0.6) is 0 Å². The van der Waals surface area contributed by atoms with Gasteiger partial charge in [-0.15, -0.1) is 0 Å². The van der Waals surface area contributed by atoms with Crippen molar-refractivity contribution in [3.63, 3.8) is 0 Å². The van der Waals surface area contributed by atoms with Gasteiger partial charge in [0.15, 0.2) is 9.84 Å². The summed E-state index contributed by atoms with van der Waals surface area (Å²) in [6.45, 7) is 3.64. The molecule has 1 aliphatic heterocycles. The molecule has 124 valence electrons. The third kappa shape index (κ3) is 4.61. The summed E-state index contributed by atoms with van der Waals surface area (Å²) >= 11 is 5.52. The fourth-order valence-electron chi connectivity index (χ4n) is 3.56. The number of rotatable bonds is 5. The average molecular weight is 398 g/mol. The molecule has 1 atom stereocenters. The minimum atomic E-state index is -2.98. The predicted octanol–water partition coefficient (Wildman–Crippen LogP) is 3.53. The summed E-state index contributed by atoms with van der Waals surface area (Å²) in [4.78, 5) is 2.28. The monoisotopic (exact) mass is 397 g/mol. The molecule has 0 radical (unpaired) electrons. The minimum Gasteiger partial charge on any atom is -0.285 e. The van der Waals surface area contributed by atoms with Crippen LogP contribution in [-0.2, 0) is 9.84 Å². The Morgan fingerprint density at radius 1 is 1.24 bits per heavy atom. The molecule has 2 fully saturated rings. The maximum Gasteiger partial charge on any atom is 0.166 e. The lowest BCUT2D eigenvalue weighted by molar-refractivity contribution is 0.148. The molecule has 1 saturated carbocycles. The maximum atomic E-state index is 12.4. The van der Waals surface area contributed by atoms with Gasteiger partial charge in [0.05, 0.1) is 0 Å². The molecule has 1 unspecified atom stereocenters. The molecule has 0 aromatic rings.